The summed E-state index contributed by atoms with van der Waals surface area (Å²) in [4.78, 5) is 13.4. The van der Waals surface area contributed by atoms with E-state index in [9.17, 15) is 4.79 Å². The van der Waals surface area contributed by atoms with Crippen LogP contribution in [0, 0.1) is 0 Å². The first-order valence-electron chi connectivity index (χ1n) is 8.99. The van der Waals surface area contributed by atoms with Gasteiger partial charge in [-0.3, -0.25) is 4.79 Å². The highest BCUT2D eigenvalue weighted by molar-refractivity contribution is 7.99. The molecule has 146 valence electrons. The van der Waals surface area contributed by atoms with Gasteiger partial charge in [-0.05, 0) is 35.1 Å². The van der Waals surface area contributed by atoms with Crippen LogP contribution in [0.4, 0.5) is 5.69 Å². The molecule has 2 aromatic heterocycles. The second kappa shape index (κ2) is 8.93. The molecule has 0 aliphatic heterocycles. The van der Waals surface area contributed by atoms with Crippen LogP contribution in [0.1, 0.15) is 11.1 Å². The second-order valence-electron chi connectivity index (χ2n) is 6.31. The lowest BCUT2D eigenvalue weighted by molar-refractivity contribution is -0.113. The number of nitrogens with zero attached hydrogens (tertiary/aromatic N) is 3. The van der Waals surface area contributed by atoms with Gasteiger partial charge in [0.1, 0.15) is 0 Å². The Hall–Kier alpha value is -3.10. The number of nitrogens with one attached hydrogen (secondary N) is 1. The Labute approximate surface area is 176 Å². The van der Waals surface area contributed by atoms with Crippen LogP contribution in [0.5, 0.6) is 0 Å². The average molecular weight is 422 g/mol. The molecule has 4 aromatic rings. The van der Waals surface area contributed by atoms with Crippen molar-refractivity contribution in [2.75, 3.05) is 16.9 Å². The van der Waals surface area contributed by atoms with E-state index in [1.54, 1.807) is 11.3 Å². The van der Waals surface area contributed by atoms with E-state index in [0.29, 0.717) is 11.0 Å². The Balaban J connectivity index is 1.40. The predicted octanol–water partition coefficient (Wildman–Crippen LogP) is 4.04. The van der Waals surface area contributed by atoms with Crippen LogP contribution in [0.3, 0.4) is 0 Å². The van der Waals surface area contributed by atoms with E-state index >= 15 is 0 Å². The van der Waals surface area contributed by atoms with Crippen molar-refractivity contribution in [2.45, 2.75) is 11.6 Å². The molecule has 0 fully saturated rings. The van der Waals surface area contributed by atoms with Crippen molar-refractivity contribution in [2.24, 2.45) is 0 Å². The van der Waals surface area contributed by atoms with Gasteiger partial charge in [0, 0.05) is 5.69 Å². The van der Waals surface area contributed by atoms with Gasteiger partial charge in [0.25, 0.3) is 0 Å². The number of hydrogen-bond donors (Lipinski definition) is 2. The molecule has 0 saturated heterocycles. The van der Waals surface area contributed by atoms with Crippen LogP contribution in [-0.2, 0) is 11.2 Å². The highest BCUT2D eigenvalue weighted by atomic mass is 32.2. The zero-order valence-corrected chi connectivity index (χ0v) is 17.1. The van der Waals surface area contributed by atoms with Crippen LogP contribution in [0.15, 0.2) is 77.3 Å². The maximum Gasteiger partial charge on any atom is 0.234 e. The molecule has 0 atom stereocenters. The Morgan fingerprint density at radius 3 is 2.62 bits per heavy atom. The maximum atomic E-state index is 12.5. The molecule has 0 saturated carbocycles. The molecule has 29 heavy (non-hydrogen) atoms. The minimum Gasteiger partial charge on any atom is -0.335 e. The Kier molecular flexibility index (Phi) is 5.92. The Bertz CT molecular complexity index is 1090. The molecule has 8 heteroatoms. The summed E-state index contributed by atoms with van der Waals surface area (Å²) in [5, 5.41) is 13.7. The standard InChI is InChI=1S/C21H19N5OS2/c22-26-20(18-11-6-12-28-18)24-25-21(26)29-14-19(27)23-17-10-5-4-9-16(17)13-15-7-2-1-3-8-15/h1-12H,13-14,22H2,(H,23,27). The maximum absolute atomic E-state index is 12.5. The monoisotopic (exact) mass is 421 g/mol. The third-order valence-corrected chi connectivity index (χ3v) is 6.08. The molecule has 0 radical (unpaired) electrons. The zero-order valence-electron chi connectivity index (χ0n) is 15.5. The lowest BCUT2D eigenvalue weighted by atomic mass is 10.0. The second-order valence-corrected chi connectivity index (χ2v) is 8.20. The molecular formula is C21H19N5OS2. The van der Waals surface area contributed by atoms with Crippen molar-refractivity contribution in [3.63, 3.8) is 0 Å². The first kappa shape index (κ1) is 19.2. The summed E-state index contributed by atoms with van der Waals surface area (Å²) in [5.41, 5.74) is 3.08. The van der Waals surface area contributed by atoms with E-state index in [2.05, 4.69) is 27.6 Å². The van der Waals surface area contributed by atoms with Gasteiger partial charge in [0.15, 0.2) is 5.82 Å². The summed E-state index contributed by atoms with van der Waals surface area (Å²) in [7, 11) is 0. The SMILES string of the molecule is Nn1c(SCC(=O)Nc2ccccc2Cc2ccccc2)nnc1-c1cccs1. The third-order valence-electron chi connectivity index (χ3n) is 4.27. The number of hydrogen-bond acceptors (Lipinski definition) is 6. The lowest BCUT2D eigenvalue weighted by Crippen LogP contribution is -2.17. The number of thioether (sulfide) groups is 1. The van der Waals surface area contributed by atoms with Gasteiger partial charge in [-0.15, -0.1) is 21.5 Å². The number of carbonyl (C=O) groups is 1. The fraction of sp³-hybridized carbons (Fsp3) is 0.0952. The van der Waals surface area contributed by atoms with Gasteiger partial charge >= 0.3 is 0 Å². The number of nitrogens with two attached hydrogens (primary N) is 1. The molecule has 6 nitrogen and oxygen atoms in total. The zero-order chi connectivity index (χ0) is 20.1. The number of amides is 1. The quantitative estimate of drug-likeness (QED) is 0.347. The van der Waals surface area contributed by atoms with E-state index in [0.717, 1.165) is 22.5 Å². The Morgan fingerprint density at radius 1 is 1.03 bits per heavy atom. The minimum absolute atomic E-state index is 0.115. The van der Waals surface area contributed by atoms with E-state index in [4.69, 9.17) is 5.84 Å². The highest BCUT2D eigenvalue weighted by Gasteiger charge is 2.15. The number of para-hydroxylation sites is 1. The molecule has 0 spiro atoms. The smallest absolute Gasteiger partial charge is 0.234 e. The summed E-state index contributed by atoms with van der Waals surface area (Å²) in [5.74, 6) is 6.76. The fourth-order valence-corrected chi connectivity index (χ4v) is 4.24. The molecule has 2 heterocycles. The van der Waals surface area contributed by atoms with Crippen molar-refractivity contribution in [1.82, 2.24) is 14.9 Å². The van der Waals surface area contributed by atoms with Crippen molar-refractivity contribution < 1.29 is 4.79 Å². The lowest BCUT2D eigenvalue weighted by Gasteiger charge is -2.11. The van der Waals surface area contributed by atoms with Crippen molar-refractivity contribution in [3.05, 3.63) is 83.2 Å². The van der Waals surface area contributed by atoms with Gasteiger partial charge in [-0.25, -0.2) is 4.68 Å². The molecule has 0 unspecified atom stereocenters. The van der Waals surface area contributed by atoms with Crippen LogP contribution < -0.4 is 11.2 Å². The summed E-state index contributed by atoms with van der Waals surface area (Å²) in [6.07, 6.45) is 0.756. The highest BCUT2D eigenvalue weighted by Crippen LogP contribution is 2.25. The number of anilines is 1. The number of nitrogen functional groups attached to an aromatic ring is 1. The molecular weight excluding hydrogens is 402 g/mol. The number of rotatable bonds is 7. The molecule has 3 N–H and O–H groups in total. The van der Waals surface area contributed by atoms with Crippen molar-refractivity contribution >= 4 is 34.7 Å². The minimum atomic E-state index is -0.115. The predicted molar refractivity (Wildman–Crippen MR) is 119 cm³/mol. The van der Waals surface area contributed by atoms with Crippen LogP contribution in [0.2, 0.25) is 0 Å². The third kappa shape index (κ3) is 4.67. The molecule has 0 bridgehead atoms. The molecule has 0 aliphatic rings. The van der Waals surface area contributed by atoms with E-state index in [-0.39, 0.29) is 11.7 Å². The largest absolute Gasteiger partial charge is 0.335 e. The summed E-state index contributed by atoms with van der Waals surface area (Å²) >= 11 is 2.80. The summed E-state index contributed by atoms with van der Waals surface area (Å²) in [6, 6.07) is 21.9. The first-order valence-corrected chi connectivity index (χ1v) is 10.9. The van der Waals surface area contributed by atoms with Gasteiger partial charge in [0.2, 0.25) is 11.1 Å². The molecule has 0 aliphatic carbocycles. The number of thiophene rings is 1. The molecule has 4 rings (SSSR count). The van der Waals surface area contributed by atoms with Gasteiger partial charge in [-0.2, -0.15) is 0 Å². The van der Waals surface area contributed by atoms with Crippen molar-refractivity contribution in [1.29, 1.82) is 0 Å². The average Bonchev–Trinajstić information content (AvgIpc) is 3.38. The first-order chi connectivity index (χ1) is 14.2. The Morgan fingerprint density at radius 2 is 1.83 bits per heavy atom. The number of aromatic nitrogens is 3. The van der Waals surface area contributed by atoms with E-state index < -0.39 is 0 Å². The van der Waals surface area contributed by atoms with E-state index in [1.807, 2.05) is 60.0 Å². The number of carbonyl (C=O) groups excluding carboxylic acids is 1. The van der Waals surface area contributed by atoms with Crippen LogP contribution in [-0.4, -0.2) is 26.5 Å². The van der Waals surface area contributed by atoms with E-state index in [1.165, 1.54) is 22.0 Å². The molecule has 2 aromatic carbocycles. The van der Waals surface area contributed by atoms with Crippen molar-refractivity contribution in [3.8, 4) is 10.7 Å². The topological polar surface area (TPSA) is 85.8 Å². The fourth-order valence-electron chi connectivity index (χ4n) is 2.88. The molecule has 1 amide bonds. The van der Waals surface area contributed by atoms with Gasteiger partial charge < -0.3 is 11.2 Å². The number of benzene rings is 2. The summed E-state index contributed by atoms with van der Waals surface area (Å²) < 4.78 is 1.42. The van der Waals surface area contributed by atoms with Gasteiger partial charge in [-0.1, -0.05) is 66.4 Å². The van der Waals surface area contributed by atoms with Crippen LogP contribution >= 0.6 is 23.1 Å². The normalized spacial score (nSPS) is 10.8. The van der Waals surface area contributed by atoms with Gasteiger partial charge in [0.05, 0.1) is 10.6 Å². The van der Waals surface area contributed by atoms with Crippen LogP contribution in [0.25, 0.3) is 10.7 Å². The summed E-state index contributed by atoms with van der Waals surface area (Å²) in [6.45, 7) is 0.